The van der Waals surface area contributed by atoms with Crippen LogP contribution in [0.25, 0.3) is 0 Å². The van der Waals surface area contributed by atoms with E-state index in [2.05, 4.69) is 20.7 Å². The third-order valence-corrected chi connectivity index (χ3v) is 2.60. The summed E-state index contributed by atoms with van der Waals surface area (Å²) in [6.07, 6.45) is 0. The lowest BCUT2D eigenvalue weighted by Gasteiger charge is -2.07. The fraction of sp³-hybridized carbons (Fsp3) is 0.222. The maximum atomic E-state index is 13.2. The standard InChI is InChI=1S/C9H7BrClFO2/c1-14-9(13)8-5(4-10)7(12)3-2-6(8)11/h2-3H,4H2,1H3. The molecule has 0 amide bonds. The van der Waals surface area contributed by atoms with E-state index in [-0.39, 0.29) is 21.5 Å². The molecule has 0 N–H and O–H groups in total. The Morgan fingerprint density at radius 3 is 2.79 bits per heavy atom. The number of esters is 1. The predicted octanol–water partition coefficient (Wildman–Crippen LogP) is 3.16. The highest BCUT2D eigenvalue weighted by molar-refractivity contribution is 9.08. The van der Waals surface area contributed by atoms with Gasteiger partial charge in [0.05, 0.1) is 17.7 Å². The fourth-order valence-electron chi connectivity index (χ4n) is 1.05. The highest BCUT2D eigenvalue weighted by Crippen LogP contribution is 2.25. The first-order valence-electron chi connectivity index (χ1n) is 3.73. The first kappa shape index (κ1) is 11.5. The molecule has 76 valence electrons. The topological polar surface area (TPSA) is 26.3 Å². The van der Waals surface area contributed by atoms with Crippen LogP contribution in [0.2, 0.25) is 5.02 Å². The van der Waals surface area contributed by atoms with Gasteiger partial charge in [-0.25, -0.2) is 9.18 Å². The molecule has 0 bridgehead atoms. The molecule has 0 heterocycles. The summed E-state index contributed by atoms with van der Waals surface area (Å²) in [4.78, 5) is 11.3. The zero-order chi connectivity index (χ0) is 10.7. The van der Waals surface area contributed by atoms with Crippen LogP contribution in [0.1, 0.15) is 15.9 Å². The van der Waals surface area contributed by atoms with E-state index in [4.69, 9.17) is 11.6 Å². The van der Waals surface area contributed by atoms with Gasteiger partial charge in [0.2, 0.25) is 0 Å². The molecular formula is C9H7BrClFO2. The molecular weight excluding hydrogens is 274 g/mol. The van der Waals surface area contributed by atoms with Gasteiger partial charge in [-0.15, -0.1) is 0 Å². The molecule has 0 saturated heterocycles. The van der Waals surface area contributed by atoms with Gasteiger partial charge in [0, 0.05) is 10.9 Å². The zero-order valence-electron chi connectivity index (χ0n) is 7.31. The maximum absolute atomic E-state index is 13.2. The number of carbonyl (C=O) groups is 1. The van der Waals surface area contributed by atoms with Crippen LogP contribution in [0.5, 0.6) is 0 Å². The quantitative estimate of drug-likeness (QED) is 0.615. The largest absolute Gasteiger partial charge is 0.465 e. The number of halogens is 3. The number of hydrogen-bond acceptors (Lipinski definition) is 2. The number of benzene rings is 1. The summed E-state index contributed by atoms with van der Waals surface area (Å²) >= 11 is 8.85. The van der Waals surface area contributed by atoms with Crippen LogP contribution in [0.15, 0.2) is 12.1 Å². The summed E-state index contributed by atoms with van der Waals surface area (Å²) in [5.41, 5.74) is 0.287. The van der Waals surface area contributed by atoms with Crippen molar-refractivity contribution in [2.24, 2.45) is 0 Å². The lowest BCUT2D eigenvalue weighted by molar-refractivity contribution is 0.0599. The minimum atomic E-state index is -0.635. The molecule has 14 heavy (non-hydrogen) atoms. The molecule has 0 aliphatic heterocycles. The van der Waals surface area contributed by atoms with Crippen molar-refractivity contribution in [3.8, 4) is 0 Å². The summed E-state index contributed by atoms with van der Waals surface area (Å²) in [6, 6.07) is 2.54. The van der Waals surface area contributed by atoms with Crippen molar-refractivity contribution in [3.05, 3.63) is 34.1 Å². The Bertz CT molecular complexity index is 368. The Kier molecular flexibility index (Phi) is 3.89. The number of ether oxygens (including phenoxy) is 1. The molecule has 0 atom stereocenters. The van der Waals surface area contributed by atoms with Crippen LogP contribution < -0.4 is 0 Å². The average molecular weight is 282 g/mol. The normalized spacial score (nSPS) is 10.0. The number of alkyl halides is 1. The monoisotopic (exact) mass is 280 g/mol. The Hall–Kier alpha value is -0.610. The highest BCUT2D eigenvalue weighted by Gasteiger charge is 2.18. The van der Waals surface area contributed by atoms with Crippen molar-refractivity contribution in [1.82, 2.24) is 0 Å². The molecule has 1 aromatic rings. The highest BCUT2D eigenvalue weighted by atomic mass is 79.9. The smallest absolute Gasteiger partial charge is 0.339 e. The number of carbonyl (C=O) groups excluding carboxylic acids is 1. The summed E-state index contributed by atoms with van der Waals surface area (Å²) in [5.74, 6) is -1.12. The van der Waals surface area contributed by atoms with E-state index in [1.54, 1.807) is 0 Å². The summed E-state index contributed by atoms with van der Waals surface area (Å²) in [7, 11) is 1.22. The SMILES string of the molecule is COC(=O)c1c(Cl)ccc(F)c1CBr. The van der Waals surface area contributed by atoms with Crippen LogP contribution in [0.4, 0.5) is 4.39 Å². The lowest BCUT2D eigenvalue weighted by atomic mass is 10.1. The van der Waals surface area contributed by atoms with Crippen LogP contribution in [0.3, 0.4) is 0 Å². The molecule has 0 aromatic heterocycles. The molecule has 0 aliphatic rings. The Morgan fingerprint density at radius 2 is 2.29 bits per heavy atom. The predicted molar refractivity (Wildman–Crippen MR) is 55.4 cm³/mol. The second kappa shape index (κ2) is 4.75. The Labute approximate surface area is 94.1 Å². The molecule has 5 heteroatoms. The van der Waals surface area contributed by atoms with E-state index < -0.39 is 11.8 Å². The van der Waals surface area contributed by atoms with Gasteiger partial charge in [-0.05, 0) is 12.1 Å². The van der Waals surface area contributed by atoms with Gasteiger partial charge in [0.25, 0.3) is 0 Å². The number of hydrogen-bond donors (Lipinski definition) is 0. The first-order chi connectivity index (χ1) is 6.61. The van der Waals surface area contributed by atoms with Crippen molar-refractivity contribution >= 4 is 33.5 Å². The first-order valence-corrected chi connectivity index (χ1v) is 5.23. The summed E-state index contributed by atoms with van der Waals surface area (Å²) in [6.45, 7) is 0. The van der Waals surface area contributed by atoms with Gasteiger partial charge in [-0.1, -0.05) is 27.5 Å². The van der Waals surface area contributed by atoms with Crippen LogP contribution in [-0.4, -0.2) is 13.1 Å². The van der Waals surface area contributed by atoms with Gasteiger partial charge in [-0.3, -0.25) is 0 Å². The van der Waals surface area contributed by atoms with E-state index in [9.17, 15) is 9.18 Å². The molecule has 1 rings (SSSR count). The molecule has 0 aliphatic carbocycles. The molecule has 2 nitrogen and oxygen atoms in total. The summed E-state index contributed by atoms with van der Waals surface area (Å²) in [5, 5.41) is 0.400. The van der Waals surface area contributed by atoms with Crippen molar-refractivity contribution in [2.75, 3.05) is 7.11 Å². The van der Waals surface area contributed by atoms with Crippen molar-refractivity contribution < 1.29 is 13.9 Å². The van der Waals surface area contributed by atoms with Crippen molar-refractivity contribution in [2.45, 2.75) is 5.33 Å². The maximum Gasteiger partial charge on any atom is 0.339 e. The molecule has 0 saturated carbocycles. The Morgan fingerprint density at radius 1 is 1.64 bits per heavy atom. The molecule has 0 unspecified atom stereocenters. The van der Waals surface area contributed by atoms with Crippen LogP contribution in [0, 0.1) is 5.82 Å². The van der Waals surface area contributed by atoms with Crippen molar-refractivity contribution in [1.29, 1.82) is 0 Å². The minimum Gasteiger partial charge on any atom is -0.465 e. The minimum absolute atomic E-state index is 0.0750. The molecule has 1 aromatic carbocycles. The number of methoxy groups -OCH3 is 1. The third kappa shape index (κ3) is 2.07. The van der Waals surface area contributed by atoms with Crippen molar-refractivity contribution in [3.63, 3.8) is 0 Å². The second-order valence-corrected chi connectivity index (χ2v) is 3.48. The molecule has 0 spiro atoms. The van der Waals surface area contributed by atoms with E-state index >= 15 is 0 Å². The number of rotatable bonds is 2. The van der Waals surface area contributed by atoms with E-state index in [1.807, 2.05) is 0 Å². The van der Waals surface area contributed by atoms with E-state index in [0.29, 0.717) is 0 Å². The van der Waals surface area contributed by atoms with Gasteiger partial charge in [0.1, 0.15) is 5.82 Å². The Balaban J connectivity index is 3.37. The summed E-state index contributed by atoms with van der Waals surface area (Å²) < 4.78 is 17.7. The fourth-order valence-corrected chi connectivity index (χ4v) is 1.85. The van der Waals surface area contributed by atoms with Gasteiger partial charge in [-0.2, -0.15) is 0 Å². The zero-order valence-corrected chi connectivity index (χ0v) is 9.65. The average Bonchev–Trinajstić information content (AvgIpc) is 2.19. The van der Waals surface area contributed by atoms with E-state index in [1.165, 1.54) is 19.2 Å². The van der Waals surface area contributed by atoms with Crippen LogP contribution in [-0.2, 0) is 10.1 Å². The third-order valence-electron chi connectivity index (χ3n) is 1.73. The van der Waals surface area contributed by atoms with Gasteiger partial charge in [0.15, 0.2) is 0 Å². The molecule has 0 fully saturated rings. The molecule has 0 radical (unpaired) electrons. The lowest BCUT2D eigenvalue weighted by Crippen LogP contribution is -2.07. The van der Waals surface area contributed by atoms with Crippen LogP contribution >= 0.6 is 27.5 Å². The van der Waals surface area contributed by atoms with Gasteiger partial charge < -0.3 is 4.74 Å². The second-order valence-electron chi connectivity index (χ2n) is 2.51. The van der Waals surface area contributed by atoms with E-state index in [0.717, 1.165) is 0 Å². The van der Waals surface area contributed by atoms with Gasteiger partial charge >= 0.3 is 5.97 Å².